The van der Waals surface area contributed by atoms with Crippen LogP contribution in [0.3, 0.4) is 0 Å². The van der Waals surface area contributed by atoms with Gasteiger partial charge in [-0.05, 0) is 52.7 Å². The monoisotopic (exact) mass is 421 g/mol. The Morgan fingerprint density at radius 1 is 1.25 bits per heavy atom. The second kappa shape index (κ2) is 6.43. The van der Waals surface area contributed by atoms with E-state index >= 15 is 0 Å². The molecule has 0 saturated heterocycles. The molecule has 7 heteroatoms. The van der Waals surface area contributed by atoms with E-state index < -0.39 is 10.0 Å². The lowest BCUT2D eigenvalue weighted by atomic mass is 10.2. The van der Waals surface area contributed by atoms with Crippen LogP contribution >= 0.6 is 31.9 Å². The fourth-order valence-corrected chi connectivity index (χ4v) is 4.38. The third-order valence-corrected chi connectivity index (χ3v) is 6.02. The zero-order chi connectivity index (χ0) is 14.8. The topological polar surface area (TPSA) is 59.3 Å². The van der Waals surface area contributed by atoms with Gasteiger partial charge in [-0.3, -0.25) is 0 Å². The summed E-state index contributed by atoms with van der Waals surface area (Å²) >= 11 is 6.63. The lowest BCUT2D eigenvalue weighted by Crippen LogP contribution is -2.26. The molecule has 0 spiro atoms. The standard InChI is InChI=1S/C13H13Br2NO3S/c1-9-7-12(15)13(8-11(9)14)20(17,18)16-5-4-10-3-2-6-19-10/h2-3,6-8,16H,4-5H2,1H3. The highest BCUT2D eigenvalue weighted by Crippen LogP contribution is 2.28. The number of halogens is 2. The predicted octanol–water partition coefficient (Wildman–Crippen LogP) is 3.63. The summed E-state index contributed by atoms with van der Waals surface area (Å²) in [7, 11) is -3.55. The summed E-state index contributed by atoms with van der Waals surface area (Å²) in [5.41, 5.74) is 0.964. The molecule has 0 aliphatic rings. The van der Waals surface area contributed by atoms with Crippen LogP contribution in [0.5, 0.6) is 0 Å². The molecule has 2 aromatic rings. The van der Waals surface area contributed by atoms with Crippen molar-refractivity contribution in [3.8, 4) is 0 Å². The van der Waals surface area contributed by atoms with E-state index in [-0.39, 0.29) is 11.4 Å². The Balaban J connectivity index is 2.12. The van der Waals surface area contributed by atoms with Gasteiger partial charge in [0.1, 0.15) is 5.76 Å². The Kier molecular flexibility index (Phi) is 5.06. The molecule has 0 saturated carbocycles. The van der Waals surface area contributed by atoms with Gasteiger partial charge >= 0.3 is 0 Å². The fraction of sp³-hybridized carbons (Fsp3) is 0.231. The van der Waals surface area contributed by atoms with Crippen LogP contribution in [-0.4, -0.2) is 15.0 Å². The van der Waals surface area contributed by atoms with Crippen LogP contribution in [-0.2, 0) is 16.4 Å². The van der Waals surface area contributed by atoms with Crippen molar-refractivity contribution in [1.29, 1.82) is 0 Å². The Hall–Kier alpha value is -0.630. The molecule has 0 amide bonds. The average Bonchev–Trinajstić information content (AvgIpc) is 2.86. The average molecular weight is 423 g/mol. The normalized spacial score (nSPS) is 11.8. The highest BCUT2D eigenvalue weighted by molar-refractivity contribution is 9.11. The van der Waals surface area contributed by atoms with Gasteiger partial charge in [0.15, 0.2) is 0 Å². The quantitative estimate of drug-likeness (QED) is 0.800. The van der Waals surface area contributed by atoms with E-state index in [1.165, 1.54) is 0 Å². The van der Waals surface area contributed by atoms with Crippen LogP contribution in [0.15, 0.2) is 48.8 Å². The van der Waals surface area contributed by atoms with Gasteiger partial charge in [0.25, 0.3) is 0 Å². The van der Waals surface area contributed by atoms with Crippen molar-refractivity contribution in [2.75, 3.05) is 6.54 Å². The van der Waals surface area contributed by atoms with Gasteiger partial charge in [-0.1, -0.05) is 15.9 Å². The first-order valence-corrected chi connectivity index (χ1v) is 8.95. The molecule has 1 aromatic carbocycles. The Morgan fingerprint density at radius 2 is 2.00 bits per heavy atom. The Morgan fingerprint density at radius 3 is 2.65 bits per heavy atom. The molecule has 20 heavy (non-hydrogen) atoms. The molecular weight excluding hydrogens is 410 g/mol. The van der Waals surface area contributed by atoms with Gasteiger partial charge < -0.3 is 4.42 Å². The predicted molar refractivity (Wildman–Crippen MR) is 84.2 cm³/mol. The molecule has 0 aliphatic heterocycles. The first-order chi connectivity index (χ1) is 9.40. The van der Waals surface area contributed by atoms with Crippen LogP contribution in [0.1, 0.15) is 11.3 Å². The summed E-state index contributed by atoms with van der Waals surface area (Å²) < 4.78 is 33.5. The highest BCUT2D eigenvalue weighted by atomic mass is 79.9. The second-order valence-corrected chi connectivity index (χ2v) is 7.70. The molecule has 0 unspecified atom stereocenters. The SMILES string of the molecule is Cc1cc(Br)c(S(=O)(=O)NCCc2ccco2)cc1Br. The first-order valence-electron chi connectivity index (χ1n) is 5.88. The molecule has 2 rings (SSSR count). The third kappa shape index (κ3) is 3.72. The fourth-order valence-electron chi connectivity index (χ4n) is 1.68. The number of furan rings is 1. The number of hydrogen-bond donors (Lipinski definition) is 1. The lowest BCUT2D eigenvalue weighted by Gasteiger charge is -2.10. The summed E-state index contributed by atoms with van der Waals surface area (Å²) in [4.78, 5) is 0.217. The second-order valence-electron chi connectivity index (χ2n) is 4.26. The minimum atomic E-state index is -3.55. The van der Waals surface area contributed by atoms with Crippen molar-refractivity contribution < 1.29 is 12.8 Å². The molecule has 1 aromatic heterocycles. The van der Waals surface area contributed by atoms with Gasteiger partial charge in [0, 0.05) is 21.9 Å². The van der Waals surface area contributed by atoms with Gasteiger partial charge in [-0.2, -0.15) is 0 Å². The zero-order valence-electron chi connectivity index (χ0n) is 10.7. The summed E-state index contributed by atoms with van der Waals surface area (Å²) in [5.74, 6) is 0.747. The van der Waals surface area contributed by atoms with Crippen LogP contribution < -0.4 is 4.72 Å². The molecule has 0 aliphatic carbocycles. The van der Waals surface area contributed by atoms with E-state index in [9.17, 15) is 8.42 Å². The number of benzene rings is 1. The summed E-state index contributed by atoms with van der Waals surface area (Å²) in [5, 5.41) is 0. The molecule has 0 bridgehead atoms. The van der Waals surface area contributed by atoms with Crippen molar-refractivity contribution in [3.63, 3.8) is 0 Å². The molecule has 1 N–H and O–H groups in total. The molecular formula is C13H13Br2NO3S. The minimum absolute atomic E-state index is 0.217. The van der Waals surface area contributed by atoms with Crippen molar-refractivity contribution in [2.24, 2.45) is 0 Å². The number of hydrogen-bond acceptors (Lipinski definition) is 3. The Labute approximate surface area is 134 Å². The molecule has 0 fully saturated rings. The number of rotatable bonds is 5. The van der Waals surface area contributed by atoms with E-state index in [0.717, 1.165) is 15.8 Å². The zero-order valence-corrected chi connectivity index (χ0v) is 14.7. The van der Waals surface area contributed by atoms with E-state index in [1.807, 2.05) is 13.0 Å². The van der Waals surface area contributed by atoms with E-state index in [2.05, 4.69) is 36.6 Å². The maximum atomic E-state index is 12.3. The summed E-state index contributed by atoms with van der Waals surface area (Å²) in [6.07, 6.45) is 2.08. The van der Waals surface area contributed by atoms with Crippen molar-refractivity contribution >= 4 is 41.9 Å². The van der Waals surface area contributed by atoms with Crippen LogP contribution in [0, 0.1) is 6.92 Å². The van der Waals surface area contributed by atoms with Crippen LogP contribution in [0.2, 0.25) is 0 Å². The van der Waals surface area contributed by atoms with Crippen molar-refractivity contribution in [1.82, 2.24) is 4.72 Å². The number of nitrogens with one attached hydrogen (secondary N) is 1. The molecule has 108 valence electrons. The molecule has 0 atom stereocenters. The van der Waals surface area contributed by atoms with Gasteiger partial charge in [0.2, 0.25) is 10.0 Å². The van der Waals surface area contributed by atoms with E-state index in [1.54, 1.807) is 24.5 Å². The highest BCUT2D eigenvalue weighted by Gasteiger charge is 2.18. The van der Waals surface area contributed by atoms with Gasteiger partial charge in [-0.25, -0.2) is 13.1 Å². The summed E-state index contributed by atoms with van der Waals surface area (Å²) in [6, 6.07) is 6.95. The first kappa shape index (κ1) is 15.8. The largest absolute Gasteiger partial charge is 0.469 e. The van der Waals surface area contributed by atoms with Gasteiger partial charge in [0.05, 0.1) is 11.2 Å². The van der Waals surface area contributed by atoms with E-state index in [0.29, 0.717) is 10.9 Å². The summed E-state index contributed by atoms with van der Waals surface area (Å²) in [6.45, 7) is 2.18. The molecule has 1 heterocycles. The van der Waals surface area contributed by atoms with E-state index in [4.69, 9.17) is 4.42 Å². The van der Waals surface area contributed by atoms with Crippen LogP contribution in [0.25, 0.3) is 0 Å². The molecule has 0 radical (unpaired) electrons. The minimum Gasteiger partial charge on any atom is -0.469 e. The third-order valence-electron chi connectivity index (χ3n) is 2.75. The smallest absolute Gasteiger partial charge is 0.241 e. The lowest BCUT2D eigenvalue weighted by molar-refractivity contribution is 0.506. The maximum absolute atomic E-state index is 12.3. The van der Waals surface area contributed by atoms with Gasteiger partial charge in [-0.15, -0.1) is 0 Å². The number of sulfonamides is 1. The van der Waals surface area contributed by atoms with Crippen molar-refractivity contribution in [3.05, 3.63) is 50.8 Å². The van der Waals surface area contributed by atoms with Crippen LogP contribution in [0.4, 0.5) is 0 Å². The van der Waals surface area contributed by atoms with Crippen molar-refractivity contribution in [2.45, 2.75) is 18.2 Å². The number of aryl methyl sites for hydroxylation is 1. The Bertz CT molecular complexity index is 697. The molecule has 4 nitrogen and oxygen atoms in total. The maximum Gasteiger partial charge on any atom is 0.241 e.